The second kappa shape index (κ2) is 8.40. The van der Waals surface area contributed by atoms with Gasteiger partial charge in [0, 0.05) is 13.1 Å². The zero-order valence-corrected chi connectivity index (χ0v) is 16.4. The van der Waals surface area contributed by atoms with E-state index in [1.165, 1.54) is 13.5 Å². The van der Waals surface area contributed by atoms with Crippen molar-refractivity contribution < 1.29 is 14.3 Å². The number of ether oxygens (including phenoxy) is 2. The zero-order valence-electron chi connectivity index (χ0n) is 15.6. The Morgan fingerprint density at radius 2 is 2.04 bits per heavy atom. The fraction of sp³-hybridized carbons (Fsp3) is 0.450. The number of thiocarbonyl (C=S) groups is 1. The number of rotatable bonds is 5. The van der Waals surface area contributed by atoms with Crippen LogP contribution in [0.1, 0.15) is 37.7 Å². The van der Waals surface area contributed by atoms with Gasteiger partial charge < -0.3 is 14.4 Å². The number of methoxy groups -OCH3 is 1. The molecule has 0 N–H and O–H groups in total. The predicted octanol–water partition coefficient (Wildman–Crippen LogP) is 3.33. The van der Waals surface area contributed by atoms with Gasteiger partial charge in [0.25, 0.3) is 5.91 Å². The molecule has 0 atom stereocenters. The molecule has 0 radical (unpaired) electrons. The fourth-order valence-corrected chi connectivity index (χ4v) is 3.93. The van der Waals surface area contributed by atoms with Crippen LogP contribution in [0, 0.1) is 11.3 Å². The Balaban J connectivity index is 1.86. The molecule has 0 unspecified atom stereocenters. The maximum Gasteiger partial charge on any atom is 0.277 e. The standard InChI is InChI=1S/C20H23N3O3S/c1-22-16(19(24)23(20(22)27)15-6-4-3-5-7-15)12-14-8-9-17(26-11-10-21)18(13-14)25-2/h8-9,12-13,15H,3-7,11H2,1-2H3/b16-12-. The van der Waals surface area contributed by atoms with E-state index < -0.39 is 0 Å². The van der Waals surface area contributed by atoms with E-state index in [9.17, 15) is 4.79 Å². The van der Waals surface area contributed by atoms with Gasteiger partial charge in [0.2, 0.25) is 0 Å². The molecule has 0 aromatic heterocycles. The molecule has 0 bridgehead atoms. The summed E-state index contributed by atoms with van der Waals surface area (Å²) in [5, 5.41) is 9.23. The van der Waals surface area contributed by atoms with Crippen LogP contribution < -0.4 is 9.47 Å². The van der Waals surface area contributed by atoms with Crippen molar-refractivity contribution in [1.82, 2.24) is 9.80 Å². The highest BCUT2D eigenvalue weighted by atomic mass is 32.1. The number of nitriles is 1. The molecule has 1 aromatic rings. The second-order valence-electron chi connectivity index (χ2n) is 6.70. The van der Waals surface area contributed by atoms with Crippen molar-refractivity contribution >= 4 is 29.3 Å². The van der Waals surface area contributed by atoms with Crippen molar-refractivity contribution in [3.05, 3.63) is 29.5 Å². The van der Waals surface area contributed by atoms with Crippen LogP contribution in [0.15, 0.2) is 23.9 Å². The number of hydrogen-bond acceptors (Lipinski definition) is 5. The van der Waals surface area contributed by atoms with Gasteiger partial charge in [-0.05, 0) is 48.8 Å². The Hall–Kier alpha value is -2.59. The number of carbonyl (C=O) groups is 1. The molecule has 142 valence electrons. The summed E-state index contributed by atoms with van der Waals surface area (Å²) in [6.45, 7) is -0.0529. The lowest BCUT2D eigenvalue weighted by Crippen LogP contribution is -2.41. The van der Waals surface area contributed by atoms with E-state index in [-0.39, 0.29) is 18.6 Å². The molecule has 1 aromatic carbocycles. The molecular weight excluding hydrogens is 362 g/mol. The number of carbonyl (C=O) groups excluding carboxylic acids is 1. The molecule has 1 saturated heterocycles. The van der Waals surface area contributed by atoms with Crippen molar-refractivity contribution in [2.24, 2.45) is 0 Å². The molecule has 6 nitrogen and oxygen atoms in total. The third-order valence-electron chi connectivity index (χ3n) is 5.02. The van der Waals surface area contributed by atoms with E-state index in [4.69, 9.17) is 27.0 Å². The highest BCUT2D eigenvalue weighted by molar-refractivity contribution is 7.80. The lowest BCUT2D eigenvalue weighted by atomic mass is 9.94. The molecule has 1 amide bonds. The smallest absolute Gasteiger partial charge is 0.277 e. The molecule has 2 fully saturated rings. The number of likely N-dealkylation sites (N-methyl/N-ethyl adjacent to an activating group) is 1. The van der Waals surface area contributed by atoms with Crippen LogP contribution in [0.4, 0.5) is 0 Å². The summed E-state index contributed by atoms with van der Waals surface area (Å²) in [5.74, 6) is 0.962. The van der Waals surface area contributed by atoms with E-state index in [1.54, 1.807) is 21.9 Å². The van der Waals surface area contributed by atoms with Crippen LogP contribution in [0.2, 0.25) is 0 Å². The maximum atomic E-state index is 13.0. The van der Waals surface area contributed by atoms with Crippen molar-refractivity contribution in [1.29, 1.82) is 5.26 Å². The average Bonchev–Trinajstić information content (AvgIpc) is 2.90. The topological polar surface area (TPSA) is 65.8 Å². The molecule has 2 aliphatic rings. The van der Waals surface area contributed by atoms with Gasteiger partial charge in [-0.15, -0.1) is 0 Å². The van der Waals surface area contributed by atoms with Crippen LogP contribution in [0.25, 0.3) is 6.08 Å². The first-order valence-electron chi connectivity index (χ1n) is 9.07. The van der Waals surface area contributed by atoms with Crippen LogP contribution in [0.3, 0.4) is 0 Å². The molecule has 3 rings (SSSR count). The molecule has 1 heterocycles. The van der Waals surface area contributed by atoms with Crippen LogP contribution in [-0.4, -0.2) is 47.6 Å². The van der Waals surface area contributed by atoms with E-state index in [2.05, 4.69) is 0 Å². The second-order valence-corrected chi connectivity index (χ2v) is 7.06. The minimum absolute atomic E-state index is 0.0434. The summed E-state index contributed by atoms with van der Waals surface area (Å²) in [5.41, 5.74) is 1.36. The molecular formula is C20H23N3O3S. The fourth-order valence-electron chi connectivity index (χ4n) is 3.60. The third kappa shape index (κ3) is 3.91. The summed E-state index contributed by atoms with van der Waals surface area (Å²) >= 11 is 5.55. The predicted molar refractivity (Wildman–Crippen MR) is 106 cm³/mol. The highest BCUT2D eigenvalue weighted by Gasteiger charge is 2.40. The van der Waals surface area contributed by atoms with Gasteiger partial charge in [-0.3, -0.25) is 9.69 Å². The van der Waals surface area contributed by atoms with E-state index in [0.29, 0.717) is 22.3 Å². The highest BCUT2D eigenvalue weighted by Crippen LogP contribution is 2.32. The SMILES string of the molecule is COc1cc(/C=C2/C(=O)N(C3CCCCC3)C(=S)N2C)ccc1OCC#N. The Labute approximate surface area is 164 Å². The molecule has 1 aliphatic heterocycles. The first-order valence-corrected chi connectivity index (χ1v) is 9.48. The Kier molecular flexibility index (Phi) is 5.97. The first-order chi connectivity index (χ1) is 13.1. The van der Waals surface area contributed by atoms with E-state index >= 15 is 0 Å². The quantitative estimate of drug-likeness (QED) is 0.572. The van der Waals surface area contributed by atoms with Gasteiger partial charge in [0.05, 0.1) is 7.11 Å². The number of hydrogen-bond donors (Lipinski definition) is 0. The molecule has 7 heteroatoms. The normalized spacial score (nSPS) is 19.5. The number of amides is 1. The first kappa shape index (κ1) is 19.2. The summed E-state index contributed by atoms with van der Waals surface area (Å²) in [6, 6.07) is 7.48. The van der Waals surface area contributed by atoms with Crippen molar-refractivity contribution in [3.63, 3.8) is 0 Å². The van der Waals surface area contributed by atoms with Crippen molar-refractivity contribution in [3.8, 4) is 17.6 Å². The molecule has 1 aliphatic carbocycles. The van der Waals surface area contributed by atoms with Gasteiger partial charge >= 0.3 is 0 Å². The molecule has 27 heavy (non-hydrogen) atoms. The molecule has 0 spiro atoms. The van der Waals surface area contributed by atoms with Gasteiger partial charge in [0.1, 0.15) is 11.8 Å². The number of benzene rings is 1. The van der Waals surface area contributed by atoms with Crippen molar-refractivity contribution in [2.45, 2.75) is 38.1 Å². The minimum atomic E-state index is -0.0529. The maximum absolute atomic E-state index is 13.0. The van der Waals surface area contributed by atoms with Crippen molar-refractivity contribution in [2.75, 3.05) is 20.8 Å². The van der Waals surface area contributed by atoms with Gasteiger partial charge in [0.15, 0.2) is 23.2 Å². The van der Waals surface area contributed by atoms with E-state index in [0.717, 1.165) is 31.2 Å². The molecule has 1 saturated carbocycles. The Morgan fingerprint density at radius 3 is 2.70 bits per heavy atom. The average molecular weight is 385 g/mol. The van der Waals surface area contributed by atoms with Crippen LogP contribution in [-0.2, 0) is 4.79 Å². The summed E-state index contributed by atoms with van der Waals surface area (Å²) in [7, 11) is 3.37. The number of nitrogens with zero attached hydrogens (tertiary/aromatic N) is 3. The van der Waals surface area contributed by atoms with Gasteiger partial charge in [-0.1, -0.05) is 25.3 Å². The summed E-state index contributed by atoms with van der Waals surface area (Å²) in [6.07, 6.45) is 7.33. The van der Waals surface area contributed by atoms with E-state index in [1.807, 2.05) is 25.3 Å². The summed E-state index contributed by atoms with van der Waals surface area (Å²) in [4.78, 5) is 16.6. The Morgan fingerprint density at radius 1 is 1.30 bits per heavy atom. The lowest BCUT2D eigenvalue weighted by Gasteiger charge is -2.30. The van der Waals surface area contributed by atoms with Gasteiger partial charge in [-0.2, -0.15) is 5.26 Å². The Bertz CT molecular complexity index is 809. The monoisotopic (exact) mass is 385 g/mol. The van der Waals surface area contributed by atoms with Gasteiger partial charge in [-0.25, -0.2) is 0 Å². The zero-order chi connectivity index (χ0) is 19.4. The minimum Gasteiger partial charge on any atom is -0.493 e. The van der Waals surface area contributed by atoms with Crippen LogP contribution >= 0.6 is 12.2 Å². The third-order valence-corrected chi connectivity index (χ3v) is 5.49. The summed E-state index contributed by atoms with van der Waals surface area (Å²) < 4.78 is 10.7. The lowest BCUT2D eigenvalue weighted by molar-refractivity contribution is -0.124. The largest absolute Gasteiger partial charge is 0.493 e. The van der Waals surface area contributed by atoms with Crippen LogP contribution in [0.5, 0.6) is 11.5 Å².